The minimum Gasteiger partial charge on any atom is -0.493 e. The number of nitrogens with one attached hydrogen (secondary N) is 2. The molecule has 0 bridgehead atoms. The van der Waals surface area contributed by atoms with Gasteiger partial charge in [0.1, 0.15) is 0 Å². The molecule has 1 aromatic carbocycles. The van der Waals surface area contributed by atoms with Crippen molar-refractivity contribution in [1.29, 1.82) is 0 Å². The second-order valence-electron chi connectivity index (χ2n) is 4.53. The van der Waals surface area contributed by atoms with Gasteiger partial charge in [-0.1, -0.05) is 12.1 Å². The average Bonchev–Trinajstić information content (AvgIpc) is 2.56. The van der Waals surface area contributed by atoms with Crippen LogP contribution in [0.15, 0.2) is 35.8 Å². The molecule has 6 heteroatoms. The van der Waals surface area contributed by atoms with Crippen molar-refractivity contribution >= 4 is 5.96 Å². The molecular formula is C16H25N3O3. The van der Waals surface area contributed by atoms with Crippen molar-refractivity contribution in [2.75, 3.05) is 33.9 Å². The summed E-state index contributed by atoms with van der Waals surface area (Å²) < 4.78 is 10.5. The van der Waals surface area contributed by atoms with E-state index in [4.69, 9.17) is 14.6 Å². The third-order valence-electron chi connectivity index (χ3n) is 2.91. The number of guanidine groups is 1. The Balaban J connectivity index is 2.72. The lowest BCUT2D eigenvalue weighted by Gasteiger charge is -2.12. The number of methoxy groups -OCH3 is 2. The lowest BCUT2D eigenvalue weighted by molar-refractivity contribution is 0.289. The molecule has 1 aromatic rings. The van der Waals surface area contributed by atoms with Gasteiger partial charge < -0.3 is 25.2 Å². The van der Waals surface area contributed by atoms with E-state index < -0.39 is 0 Å². The smallest absolute Gasteiger partial charge is 0.191 e. The first-order valence-corrected chi connectivity index (χ1v) is 7.20. The number of aliphatic hydroxyl groups is 1. The maximum atomic E-state index is 8.83. The van der Waals surface area contributed by atoms with E-state index in [1.165, 1.54) is 0 Å². The van der Waals surface area contributed by atoms with E-state index in [2.05, 4.69) is 22.2 Å². The van der Waals surface area contributed by atoms with Crippen LogP contribution in [0.1, 0.15) is 12.0 Å². The van der Waals surface area contributed by atoms with Crippen LogP contribution in [0, 0.1) is 0 Å². The zero-order chi connectivity index (χ0) is 16.2. The van der Waals surface area contributed by atoms with Gasteiger partial charge in [-0.25, -0.2) is 4.99 Å². The second kappa shape index (κ2) is 10.5. The molecule has 0 saturated carbocycles. The summed E-state index contributed by atoms with van der Waals surface area (Å²) in [5.41, 5.74) is 1.01. The molecule has 0 unspecified atom stereocenters. The minimum atomic E-state index is 0.150. The summed E-state index contributed by atoms with van der Waals surface area (Å²) in [6.07, 6.45) is 2.44. The van der Waals surface area contributed by atoms with Gasteiger partial charge in [0, 0.05) is 19.7 Å². The molecule has 0 saturated heterocycles. The van der Waals surface area contributed by atoms with Crippen molar-refractivity contribution in [2.45, 2.75) is 13.0 Å². The zero-order valence-electron chi connectivity index (χ0n) is 13.3. The van der Waals surface area contributed by atoms with Crippen LogP contribution in [0.3, 0.4) is 0 Å². The van der Waals surface area contributed by atoms with Gasteiger partial charge in [0.2, 0.25) is 0 Å². The maximum absolute atomic E-state index is 8.83. The van der Waals surface area contributed by atoms with Gasteiger partial charge in [0.25, 0.3) is 0 Å². The van der Waals surface area contributed by atoms with Crippen LogP contribution in [-0.4, -0.2) is 45.0 Å². The number of ether oxygens (including phenoxy) is 2. The van der Waals surface area contributed by atoms with E-state index in [1.54, 1.807) is 20.3 Å². The number of hydrogen-bond acceptors (Lipinski definition) is 4. The number of nitrogens with zero attached hydrogens (tertiary/aromatic N) is 1. The molecule has 0 amide bonds. The first-order chi connectivity index (χ1) is 10.7. The van der Waals surface area contributed by atoms with Gasteiger partial charge in [-0.2, -0.15) is 0 Å². The van der Waals surface area contributed by atoms with Crippen LogP contribution < -0.4 is 20.1 Å². The summed E-state index contributed by atoms with van der Waals surface area (Å²) in [7, 11) is 3.22. The molecule has 3 N–H and O–H groups in total. The first-order valence-electron chi connectivity index (χ1n) is 7.20. The van der Waals surface area contributed by atoms with Gasteiger partial charge in [0.05, 0.1) is 20.8 Å². The zero-order valence-corrected chi connectivity index (χ0v) is 13.3. The van der Waals surface area contributed by atoms with Crippen LogP contribution in [0.2, 0.25) is 0 Å². The predicted molar refractivity (Wildman–Crippen MR) is 88.6 cm³/mol. The van der Waals surface area contributed by atoms with E-state index in [-0.39, 0.29) is 6.61 Å². The van der Waals surface area contributed by atoms with Gasteiger partial charge >= 0.3 is 0 Å². The van der Waals surface area contributed by atoms with Crippen molar-refractivity contribution in [3.8, 4) is 11.5 Å². The van der Waals surface area contributed by atoms with Crippen molar-refractivity contribution in [3.05, 3.63) is 36.4 Å². The SMILES string of the molecule is C=CCNC(=NCc1ccc(OC)c(OC)c1)NCCCO. The second-order valence-corrected chi connectivity index (χ2v) is 4.53. The largest absolute Gasteiger partial charge is 0.493 e. The summed E-state index contributed by atoms with van der Waals surface area (Å²) in [4.78, 5) is 4.50. The van der Waals surface area contributed by atoms with Crippen molar-refractivity contribution in [1.82, 2.24) is 10.6 Å². The standard InChI is InChI=1S/C16H25N3O3/c1-4-8-17-16(18-9-5-10-20)19-12-13-6-7-14(21-2)15(11-13)22-3/h4,6-7,11,20H,1,5,8-10,12H2,2-3H3,(H2,17,18,19). The van der Waals surface area contributed by atoms with Gasteiger partial charge in [0.15, 0.2) is 17.5 Å². The van der Waals surface area contributed by atoms with Gasteiger partial charge in [-0.05, 0) is 24.1 Å². The predicted octanol–water partition coefficient (Wildman–Crippen LogP) is 1.31. The highest BCUT2D eigenvalue weighted by Crippen LogP contribution is 2.27. The first kappa shape index (κ1) is 17.8. The lowest BCUT2D eigenvalue weighted by Crippen LogP contribution is -2.38. The molecule has 0 aromatic heterocycles. The van der Waals surface area contributed by atoms with E-state index >= 15 is 0 Å². The minimum absolute atomic E-state index is 0.150. The van der Waals surface area contributed by atoms with Crippen molar-refractivity contribution in [3.63, 3.8) is 0 Å². The molecule has 0 aliphatic heterocycles. The molecule has 0 aliphatic carbocycles. The molecular weight excluding hydrogens is 282 g/mol. The average molecular weight is 307 g/mol. The monoisotopic (exact) mass is 307 g/mol. The third-order valence-corrected chi connectivity index (χ3v) is 2.91. The molecule has 0 radical (unpaired) electrons. The highest BCUT2D eigenvalue weighted by atomic mass is 16.5. The normalized spacial score (nSPS) is 11.0. The number of rotatable bonds is 9. The highest BCUT2D eigenvalue weighted by Gasteiger charge is 2.04. The quantitative estimate of drug-likeness (QED) is 0.278. The van der Waals surface area contributed by atoms with Crippen LogP contribution in [0.5, 0.6) is 11.5 Å². The molecule has 1 rings (SSSR count). The summed E-state index contributed by atoms with van der Waals surface area (Å²) in [5.74, 6) is 2.06. The molecule has 0 aliphatic rings. The number of aliphatic hydroxyl groups excluding tert-OH is 1. The fourth-order valence-electron chi connectivity index (χ4n) is 1.78. The Morgan fingerprint density at radius 3 is 2.68 bits per heavy atom. The fourth-order valence-corrected chi connectivity index (χ4v) is 1.78. The topological polar surface area (TPSA) is 75.1 Å². The molecule has 22 heavy (non-hydrogen) atoms. The van der Waals surface area contributed by atoms with Crippen LogP contribution >= 0.6 is 0 Å². The molecule has 122 valence electrons. The van der Waals surface area contributed by atoms with Crippen molar-refractivity contribution in [2.24, 2.45) is 4.99 Å². The Bertz CT molecular complexity index is 490. The van der Waals surface area contributed by atoms with E-state index in [0.717, 1.165) is 5.56 Å². The molecule has 0 spiro atoms. The summed E-state index contributed by atoms with van der Waals surface area (Å²) >= 11 is 0. The van der Waals surface area contributed by atoms with E-state index in [0.29, 0.717) is 43.5 Å². The fraction of sp³-hybridized carbons (Fsp3) is 0.438. The van der Waals surface area contributed by atoms with Gasteiger partial charge in [-0.15, -0.1) is 6.58 Å². The molecule has 0 atom stereocenters. The Hall–Kier alpha value is -2.21. The van der Waals surface area contributed by atoms with E-state index in [9.17, 15) is 0 Å². The number of hydrogen-bond donors (Lipinski definition) is 3. The summed E-state index contributed by atoms with van der Waals surface area (Å²) in [6.45, 7) is 5.61. The van der Waals surface area contributed by atoms with Crippen LogP contribution in [0.4, 0.5) is 0 Å². The summed E-state index contributed by atoms with van der Waals surface area (Å²) in [5, 5.41) is 15.1. The Morgan fingerprint density at radius 2 is 2.05 bits per heavy atom. The Labute approximate surface area is 131 Å². The van der Waals surface area contributed by atoms with Gasteiger partial charge in [-0.3, -0.25) is 0 Å². The lowest BCUT2D eigenvalue weighted by atomic mass is 10.2. The third kappa shape index (κ3) is 6.05. The highest BCUT2D eigenvalue weighted by molar-refractivity contribution is 5.79. The molecule has 6 nitrogen and oxygen atoms in total. The number of aliphatic imine (C=N–C) groups is 1. The molecule has 0 heterocycles. The van der Waals surface area contributed by atoms with E-state index in [1.807, 2.05) is 18.2 Å². The maximum Gasteiger partial charge on any atom is 0.191 e. The van der Waals surface area contributed by atoms with Crippen LogP contribution in [0.25, 0.3) is 0 Å². The van der Waals surface area contributed by atoms with Crippen molar-refractivity contribution < 1.29 is 14.6 Å². The van der Waals surface area contributed by atoms with Crippen LogP contribution in [-0.2, 0) is 6.54 Å². The molecule has 0 fully saturated rings. The Kier molecular flexibility index (Phi) is 8.52. The number of benzene rings is 1. The Morgan fingerprint density at radius 1 is 1.27 bits per heavy atom. The summed E-state index contributed by atoms with van der Waals surface area (Å²) in [6, 6.07) is 5.71.